The highest BCUT2D eigenvalue weighted by atomic mass is 32.2. The molecule has 1 fully saturated rings. The van der Waals surface area contributed by atoms with Gasteiger partial charge in [0.1, 0.15) is 0 Å². The summed E-state index contributed by atoms with van der Waals surface area (Å²) >= 11 is 0. The number of hydrogen-bond donors (Lipinski definition) is 0. The van der Waals surface area contributed by atoms with Gasteiger partial charge in [-0.3, -0.25) is 10.1 Å². The maximum absolute atomic E-state index is 12.1. The fraction of sp³-hybridized carbons (Fsp3) is 0.273. The van der Waals surface area contributed by atoms with Gasteiger partial charge in [-0.05, 0) is 18.6 Å². The van der Waals surface area contributed by atoms with Crippen LogP contribution >= 0.6 is 0 Å². The van der Waals surface area contributed by atoms with Crippen LogP contribution < -0.4 is 0 Å². The highest BCUT2D eigenvalue weighted by Crippen LogP contribution is 2.30. The third-order valence-electron chi connectivity index (χ3n) is 2.76. The standard InChI is InChI=1S/C11H12N2O4S/c1-2-3-10-8-12(10)18(16,17)11-6-4-9(5-7-11)13(14)15/h2,4-7,10H,1,3,8H2. The Bertz CT molecular complexity index is 580. The minimum absolute atomic E-state index is 0.0253. The Kier molecular flexibility index (Phi) is 3.18. The molecule has 2 rings (SSSR count). The summed E-state index contributed by atoms with van der Waals surface area (Å²) in [5.41, 5.74) is -0.123. The van der Waals surface area contributed by atoms with Gasteiger partial charge >= 0.3 is 0 Å². The van der Waals surface area contributed by atoms with Crippen molar-refractivity contribution in [3.8, 4) is 0 Å². The van der Waals surface area contributed by atoms with E-state index in [1.807, 2.05) is 0 Å². The monoisotopic (exact) mass is 268 g/mol. The van der Waals surface area contributed by atoms with Crippen molar-refractivity contribution in [1.29, 1.82) is 0 Å². The first-order chi connectivity index (χ1) is 8.46. The van der Waals surface area contributed by atoms with Gasteiger partial charge in [0.05, 0.1) is 9.82 Å². The molecule has 0 amide bonds. The number of benzene rings is 1. The predicted molar refractivity (Wildman–Crippen MR) is 65.6 cm³/mol. The van der Waals surface area contributed by atoms with E-state index in [1.165, 1.54) is 28.6 Å². The largest absolute Gasteiger partial charge is 0.269 e. The van der Waals surface area contributed by atoms with Crippen LogP contribution in [0.5, 0.6) is 0 Å². The second kappa shape index (κ2) is 4.51. The predicted octanol–water partition coefficient (Wildman–Crippen LogP) is 1.54. The molecule has 1 heterocycles. The maximum atomic E-state index is 12.1. The summed E-state index contributed by atoms with van der Waals surface area (Å²) in [7, 11) is -3.52. The van der Waals surface area contributed by atoms with Gasteiger partial charge in [0.25, 0.3) is 5.69 Å². The van der Waals surface area contributed by atoms with E-state index in [4.69, 9.17) is 0 Å². The van der Waals surface area contributed by atoms with E-state index in [-0.39, 0.29) is 16.6 Å². The zero-order valence-electron chi connectivity index (χ0n) is 9.52. The second-order valence-electron chi connectivity index (χ2n) is 4.00. The van der Waals surface area contributed by atoms with Crippen molar-refractivity contribution in [3.05, 3.63) is 47.0 Å². The molecule has 1 aliphatic heterocycles. The lowest BCUT2D eigenvalue weighted by Gasteiger charge is -2.05. The average molecular weight is 268 g/mol. The molecule has 0 bridgehead atoms. The Morgan fingerprint density at radius 2 is 2.06 bits per heavy atom. The van der Waals surface area contributed by atoms with Gasteiger partial charge in [-0.1, -0.05) is 6.08 Å². The first-order valence-electron chi connectivity index (χ1n) is 5.34. The molecule has 0 spiro atoms. The smallest absolute Gasteiger partial charge is 0.258 e. The van der Waals surface area contributed by atoms with Crippen molar-refractivity contribution in [2.75, 3.05) is 6.54 Å². The first kappa shape index (κ1) is 12.7. The van der Waals surface area contributed by atoms with Crippen LogP contribution in [0.25, 0.3) is 0 Å². The Morgan fingerprint density at radius 3 is 2.56 bits per heavy atom. The van der Waals surface area contributed by atoms with Crippen LogP contribution in [-0.4, -0.2) is 30.2 Å². The fourth-order valence-corrected chi connectivity index (χ4v) is 3.31. The number of non-ortho nitro benzene ring substituents is 1. The summed E-state index contributed by atoms with van der Waals surface area (Å²) in [5.74, 6) is 0. The van der Waals surface area contributed by atoms with Gasteiger partial charge in [0.2, 0.25) is 10.0 Å². The van der Waals surface area contributed by atoms with Crippen LogP contribution in [0.15, 0.2) is 41.8 Å². The first-order valence-corrected chi connectivity index (χ1v) is 6.78. The third kappa shape index (κ3) is 2.27. The Hall–Kier alpha value is -1.73. The van der Waals surface area contributed by atoms with Crippen LogP contribution in [0, 0.1) is 10.1 Å². The second-order valence-corrected chi connectivity index (χ2v) is 5.89. The molecular formula is C11H12N2O4S. The van der Waals surface area contributed by atoms with Gasteiger partial charge < -0.3 is 0 Å². The molecular weight excluding hydrogens is 256 g/mol. The van der Waals surface area contributed by atoms with E-state index < -0.39 is 14.9 Å². The normalized spacial score (nSPS) is 22.4. The summed E-state index contributed by atoms with van der Waals surface area (Å²) in [5, 5.41) is 10.5. The molecule has 1 aromatic rings. The van der Waals surface area contributed by atoms with Crippen LogP contribution in [0.1, 0.15) is 6.42 Å². The van der Waals surface area contributed by atoms with Crippen LogP contribution in [0.4, 0.5) is 5.69 Å². The number of rotatable bonds is 5. The summed E-state index contributed by atoms with van der Waals surface area (Å²) < 4.78 is 25.5. The minimum Gasteiger partial charge on any atom is -0.258 e. The molecule has 0 aromatic heterocycles. The number of nitrogens with zero attached hydrogens (tertiary/aromatic N) is 2. The molecule has 2 atom stereocenters. The minimum atomic E-state index is -3.52. The zero-order chi connectivity index (χ0) is 13.3. The quantitative estimate of drug-likeness (QED) is 0.351. The number of nitro benzene ring substituents is 1. The van der Waals surface area contributed by atoms with Crippen LogP contribution in [-0.2, 0) is 10.0 Å². The van der Waals surface area contributed by atoms with Gasteiger partial charge in [-0.2, -0.15) is 4.31 Å². The van der Waals surface area contributed by atoms with Crippen molar-refractivity contribution >= 4 is 15.7 Å². The van der Waals surface area contributed by atoms with E-state index in [0.29, 0.717) is 13.0 Å². The van der Waals surface area contributed by atoms with Crippen molar-refractivity contribution in [2.24, 2.45) is 0 Å². The highest BCUT2D eigenvalue weighted by Gasteiger charge is 2.43. The van der Waals surface area contributed by atoms with E-state index in [1.54, 1.807) is 6.08 Å². The molecule has 7 heteroatoms. The average Bonchev–Trinajstić information content (AvgIpc) is 3.10. The molecule has 0 aliphatic carbocycles. The Balaban J connectivity index is 2.21. The topological polar surface area (TPSA) is 80.3 Å². The molecule has 0 radical (unpaired) electrons. The molecule has 96 valence electrons. The molecule has 2 unspecified atom stereocenters. The van der Waals surface area contributed by atoms with E-state index in [9.17, 15) is 18.5 Å². The zero-order valence-corrected chi connectivity index (χ0v) is 10.3. The lowest BCUT2D eigenvalue weighted by atomic mass is 10.3. The van der Waals surface area contributed by atoms with E-state index in [2.05, 4.69) is 6.58 Å². The number of nitro groups is 1. The Labute approximate surface area is 105 Å². The lowest BCUT2D eigenvalue weighted by Crippen LogP contribution is -2.14. The molecule has 0 saturated carbocycles. The third-order valence-corrected chi connectivity index (χ3v) is 4.69. The molecule has 1 saturated heterocycles. The molecule has 1 aliphatic rings. The molecule has 18 heavy (non-hydrogen) atoms. The summed E-state index contributed by atoms with van der Waals surface area (Å²) in [6.07, 6.45) is 2.29. The van der Waals surface area contributed by atoms with E-state index in [0.717, 1.165) is 0 Å². The van der Waals surface area contributed by atoms with Crippen LogP contribution in [0.3, 0.4) is 0 Å². The van der Waals surface area contributed by atoms with Crippen LogP contribution in [0.2, 0.25) is 0 Å². The van der Waals surface area contributed by atoms with Crippen molar-refractivity contribution in [1.82, 2.24) is 4.31 Å². The number of sulfonamides is 1. The van der Waals surface area contributed by atoms with Gasteiger partial charge in [0, 0.05) is 24.7 Å². The Morgan fingerprint density at radius 1 is 1.44 bits per heavy atom. The van der Waals surface area contributed by atoms with Crippen molar-refractivity contribution in [2.45, 2.75) is 17.4 Å². The lowest BCUT2D eigenvalue weighted by molar-refractivity contribution is -0.384. The SMILES string of the molecule is C=CCC1CN1S(=O)(=O)c1ccc([N+](=O)[O-])cc1. The van der Waals surface area contributed by atoms with Gasteiger partial charge in [0.15, 0.2) is 0 Å². The summed E-state index contributed by atoms with van der Waals surface area (Å²) in [6.45, 7) is 4.04. The molecule has 1 aromatic carbocycles. The van der Waals surface area contributed by atoms with E-state index >= 15 is 0 Å². The van der Waals surface area contributed by atoms with Gasteiger partial charge in [-0.25, -0.2) is 8.42 Å². The fourth-order valence-electron chi connectivity index (χ4n) is 1.71. The number of hydrogen-bond acceptors (Lipinski definition) is 4. The molecule has 6 nitrogen and oxygen atoms in total. The van der Waals surface area contributed by atoms with Crippen molar-refractivity contribution < 1.29 is 13.3 Å². The highest BCUT2D eigenvalue weighted by molar-refractivity contribution is 7.89. The summed E-state index contributed by atoms with van der Waals surface area (Å²) in [6, 6.07) is 4.88. The van der Waals surface area contributed by atoms with Gasteiger partial charge in [-0.15, -0.1) is 6.58 Å². The maximum Gasteiger partial charge on any atom is 0.269 e. The van der Waals surface area contributed by atoms with Crippen molar-refractivity contribution in [3.63, 3.8) is 0 Å². The summed E-state index contributed by atoms with van der Waals surface area (Å²) in [4.78, 5) is 10.0. The molecule has 0 N–H and O–H groups in total.